The molecule has 2 atom stereocenters. The number of halogens is 2. The summed E-state index contributed by atoms with van der Waals surface area (Å²) in [6, 6.07) is 17.6. The number of hydrogen-bond acceptors (Lipinski definition) is 4. The Kier molecular flexibility index (Phi) is 6.82. The molecule has 9 heteroatoms. The van der Waals surface area contributed by atoms with Crippen molar-refractivity contribution in [1.82, 2.24) is 10.6 Å². The fourth-order valence-corrected chi connectivity index (χ4v) is 3.63. The van der Waals surface area contributed by atoms with E-state index in [1.165, 1.54) is 0 Å². The summed E-state index contributed by atoms with van der Waals surface area (Å²) in [5.41, 5.74) is 1.28. The molecule has 0 bridgehead atoms. The van der Waals surface area contributed by atoms with E-state index >= 15 is 0 Å². The average Bonchev–Trinajstić information content (AvgIpc) is 2.94. The Morgan fingerprint density at radius 1 is 0.912 bits per heavy atom. The van der Waals surface area contributed by atoms with Crippen LogP contribution in [-0.4, -0.2) is 30.3 Å². The molecule has 0 spiro atoms. The third kappa shape index (κ3) is 5.55. The minimum atomic E-state index is -1.09. The summed E-state index contributed by atoms with van der Waals surface area (Å²) in [5, 5.41) is 7.76. The molecule has 0 saturated carbocycles. The molecule has 4 rings (SSSR count). The molecule has 0 aromatic heterocycles. The molecule has 3 aromatic carbocycles. The predicted molar refractivity (Wildman–Crippen MR) is 120 cm³/mol. The van der Waals surface area contributed by atoms with E-state index < -0.39 is 48.0 Å². The molecular formula is C25H21F2N3O4. The first kappa shape index (κ1) is 22.9. The normalized spacial score (nSPS) is 16.9. The van der Waals surface area contributed by atoms with Gasteiger partial charge in [0.15, 0.2) is 6.10 Å². The molecule has 3 aromatic rings. The highest BCUT2D eigenvalue weighted by molar-refractivity contribution is 6.00. The highest BCUT2D eigenvalue weighted by Crippen LogP contribution is 2.34. The number of benzene rings is 3. The van der Waals surface area contributed by atoms with E-state index in [1.54, 1.807) is 48.5 Å². The van der Waals surface area contributed by atoms with Gasteiger partial charge in [-0.1, -0.05) is 42.5 Å². The highest BCUT2D eigenvalue weighted by Gasteiger charge is 2.36. The minimum Gasteiger partial charge on any atom is -0.481 e. The Morgan fingerprint density at radius 2 is 1.59 bits per heavy atom. The Morgan fingerprint density at radius 3 is 2.32 bits per heavy atom. The number of carbonyl (C=O) groups excluding carboxylic acids is 3. The SMILES string of the molecule is O=C(Cc1cc(F)cc(F)c1)NCC(=O)N[C@@H]1C(=O)Nc2ccccc2O[C@@H]1c1ccccc1. The predicted octanol–water partition coefficient (Wildman–Crippen LogP) is 2.88. The van der Waals surface area contributed by atoms with Gasteiger partial charge in [0.2, 0.25) is 11.8 Å². The first-order valence-corrected chi connectivity index (χ1v) is 10.5. The molecule has 0 radical (unpaired) electrons. The summed E-state index contributed by atoms with van der Waals surface area (Å²) >= 11 is 0. The van der Waals surface area contributed by atoms with Crippen LogP contribution in [0.1, 0.15) is 17.2 Å². The maximum atomic E-state index is 13.3. The van der Waals surface area contributed by atoms with E-state index in [9.17, 15) is 23.2 Å². The average molecular weight is 465 g/mol. The van der Waals surface area contributed by atoms with Gasteiger partial charge in [-0.2, -0.15) is 0 Å². The number of para-hydroxylation sites is 2. The van der Waals surface area contributed by atoms with Crippen LogP contribution in [0.5, 0.6) is 5.75 Å². The van der Waals surface area contributed by atoms with Crippen molar-refractivity contribution in [3.8, 4) is 5.75 Å². The number of rotatable bonds is 6. The first-order chi connectivity index (χ1) is 16.4. The molecule has 0 saturated heterocycles. The highest BCUT2D eigenvalue weighted by atomic mass is 19.1. The lowest BCUT2D eigenvalue weighted by atomic mass is 10.0. The lowest BCUT2D eigenvalue weighted by molar-refractivity contribution is -0.129. The third-order valence-electron chi connectivity index (χ3n) is 5.16. The van der Waals surface area contributed by atoms with Crippen LogP contribution in [0.3, 0.4) is 0 Å². The summed E-state index contributed by atoms with van der Waals surface area (Å²) in [4.78, 5) is 37.7. The van der Waals surface area contributed by atoms with Gasteiger partial charge in [-0.25, -0.2) is 8.78 Å². The Hall–Kier alpha value is -4.27. The van der Waals surface area contributed by atoms with Crippen molar-refractivity contribution in [3.05, 3.63) is 95.6 Å². The zero-order chi connectivity index (χ0) is 24.1. The van der Waals surface area contributed by atoms with Crippen molar-refractivity contribution in [1.29, 1.82) is 0 Å². The molecular weight excluding hydrogens is 444 g/mol. The van der Waals surface area contributed by atoms with E-state index in [2.05, 4.69) is 16.0 Å². The van der Waals surface area contributed by atoms with Crippen LogP contribution < -0.4 is 20.7 Å². The van der Waals surface area contributed by atoms with Crippen molar-refractivity contribution in [3.63, 3.8) is 0 Å². The lowest BCUT2D eigenvalue weighted by Gasteiger charge is -2.25. The second-order valence-corrected chi connectivity index (χ2v) is 7.71. The third-order valence-corrected chi connectivity index (χ3v) is 5.16. The largest absolute Gasteiger partial charge is 0.481 e. The van der Waals surface area contributed by atoms with Crippen molar-refractivity contribution in [2.75, 3.05) is 11.9 Å². The number of amides is 3. The molecule has 0 aliphatic carbocycles. The number of fused-ring (bicyclic) bond motifs is 1. The van der Waals surface area contributed by atoms with E-state index in [1.807, 2.05) is 6.07 Å². The lowest BCUT2D eigenvalue weighted by Crippen LogP contribution is -2.50. The van der Waals surface area contributed by atoms with Gasteiger partial charge in [-0.15, -0.1) is 0 Å². The molecule has 7 nitrogen and oxygen atoms in total. The second-order valence-electron chi connectivity index (χ2n) is 7.71. The standard InChI is InChI=1S/C25H21F2N3O4/c26-17-10-15(11-18(27)13-17)12-21(31)28-14-22(32)30-23-24(16-6-2-1-3-7-16)34-20-9-5-4-8-19(20)29-25(23)33/h1-11,13,23-24H,12,14H2,(H,28,31)(H,29,33)(H,30,32)/t23-,24+/m0/s1. The minimum absolute atomic E-state index is 0.133. The molecule has 3 amide bonds. The van der Waals surface area contributed by atoms with E-state index in [0.717, 1.165) is 12.1 Å². The molecule has 1 aliphatic heterocycles. The fourth-order valence-electron chi connectivity index (χ4n) is 3.63. The Balaban J connectivity index is 1.44. The number of ether oxygens (including phenoxy) is 1. The van der Waals surface area contributed by atoms with Crippen LogP contribution in [0.15, 0.2) is 72.8 Å². The molecule has 0 unspecified atom stereocenters. The maximum Gasteiger partial charge on any atom is 0.251 e. The smallest absolute Gasteiger partial charge is 0.251 e. The van der Waals surface area contributed by atoms with Crippen molar-refractivity contribution in [2.24, 2.45) is 0 Å². The van der Waals surface area contributed by atoms with Crippen LogP contribution in [0, 0.1) is 11.6 Å². The van der Waals surface area contributed by atoms with Crippen LogP contribution in [0.25, 0.3) is 0 Å². The van der Waals surface area contributed by atoms with Gasteiger partial charge in [0, 0.05) is 6.07 Å². The van der Waals surface area contributed by atoms with Gasteiger partial charge in [-0.3, -0.25) is 14.4 Å². The monoisotopic (exact) mass is 465 g/mol. The first-order valence-electron chi connectivity index (χ1n) is 10.5. The summed E-state index contributed by atoms with van der Waals surface area (Å²) in [6.45, 7) is -0.436. The molecule has 1 aliphatic rings. The number of nitrogens with one attached hydrogen (secondary N) is 3. The maximum absolute atomic E-state index is 13.3. The van der Waals surface area contributed by atoms with Crippen molar-refractivity contribution < 1.29 is 27.9 Å². The van der Waals surface area contributed by atoms with Crippen molar-refractivity contribution in [2.45, 2.75) is 18.6 Å². The van der Waals surface area contributed by atoms with Gasteiger partial charge < -0.3 is 20.7 Å². The summed E-state index contributed by atoms with van der Waals surface area (Å²) in [6.07, 6.45) is -1.13. The topological polar surface area (TPSA) is 96.5 Å². The zero-order valence-corrected chi connectivity index (χ0v) is 17.9. The van der Waals surface area contributed by atoms with E-state index in [0.29, 0.717) is 23.1 Å². The number of hydrogen-bond donors (Lipinski definition) is 3. The second kappa shape index (κ2) is 10.1. The molecule has 3 N–H and O–H groups in total. The summed E-state index contributed by atoms with van der Waals surface area (Å²) < 4.78 is 32.7. The van der Waals surface area contributed by atoms with Crippen LogP contribution in [-0.2, 0) is 20.8 Å². The molecule has 34 heavy (non-hydrogen) atoms. The van der Waals surface area contributed by atoms with Gasteiger partial charge in [0.05, 0.1) is 18.7 Å². The summed E-state index contributed by atoms with van der Waals surface area (Å²) in [5.74, 6) is -2.85. The van der Waals surface area contributed by atoms with Gasteiger partial charge in [0.1, 0.15) is 23.4 Å². The number of anilines is 1. The van der Waals surface area contributed by atoms with Gasteiger partial charge >= 0.3 is 0 Å². The van der Waals surface area contributed by atoms with Gasteiger partial charge in [0.25, 0.3) is 5.91 Å². The van der Waals surface area contributed by atoms with Crippen LogP contribution >= 0.6 is 0 Å². The van der Waals surface area contributed by atoms with Crippen LogP contribution in [0.2, 0.25) is 0 Å². The van der Waals surface area contributed by atoms with E-state index in [-0.39, 0.29) is 12.0 Å². The van der Waals surface area contributed by atoms with Gasteiger partial charge in [-0.05, 0) is 35.4 Å². The zero-order valence-electron chi connectivity index (χ0n) is 17.9. The van der Waals surface area contributed by atoms with Crippen LogP contribution in [0.4, 0.5) is 14.5 Å². The Bertz CT molecular complexity index is 1200. The van der Waals surface area contributed by atoms with Crippen molar-refractivity contribution >= 4 is 23.4 Å². The van der Waals surface area contributed by atoms with E-state index in [4.69, 9.17) is 4.74 Å². The molecule has 174 valence electrons. The fraction of sp³-hybridized carbons (Fsp3) is 0.160. The Labute approximate surface area is 194 Å². The molecule has 0 fully saturated rings. The number of carbonyl (C=O) groups is 3. The quantitative estimate of drug-likeness (QED) is 0.522. The summed E-state index contributed by atoms with van der Waals surface area (Å²) in [7, 11) is 0. The molecule has 1 heterocycles.